The number of aliphatic imine (C=N–C) groups is 1. The molecule has 2 aromatic carbocycles. The Labute approximate surface area is 190 Å². The third kappa shape index (κ3) is 4.88. The number of rotatable bonds is 6. The van der Waals surface area contributed by atoms with Gasteiger partial charge in [-0.1, -0.05) is 17.7 Å². The predicted molar refractivity (Wildman–Crippen MR) is 120 cm³/mol. The van der Waals surface area contributed by atoms with Crippen molar-refractivity contribution in [1.29, 1.82) is 5.26 Å². The molecule has 11 heteroatoms. The molecule has 0 amide bonds. The summed E-state index contributed by atoms with van der Waals surface area (Å²) in [5.41, 5.74) is 0.377. The summed E-state index contributed by atoms with van der Waals surface area (Å²) in [5, 5.41) is 37.4. The van der Waals surface area contributed by atoms with Crippen LogP contribution in [0.2, 0.25) is 0 Å². The van der Waals surface area contributed by atoms with E-state index in [4.69, 9.17) is 14.2 Å². The van der Waals surface area contributed by atoms with Crippen LogP contribution in [-0.2, 0) is 9.47 Å². The Bertz CT molecular complexity index is 1080. The van der Waals surface area contributed by atoms with Crippen LogP contribution >= 0.6 is 0 Å². The molecule has 2 aromatic rings. The van der Waals surface area contributed by atoms with Gasteiger partial charge in [-0.05, 0) is 32.0 Å². The highest BCUT2D eigenvalue weighted by molar-refractivity contribution is 5.94. The first-order valence-corrected chi connectivity index (χ1v) is 10.0. The largest absolute Gasteiger partial charge is 0.479 e. The number of guanidine groups is 1. The van der Waals surface area contributed by atoms with Gasteiger partial charge in [-0.25, -0.2) is 4.99 Å². The molecule has 0 unspecified atom stereocenters. The predicted octanol–water partition coefficient (Wildman–Crippen LogP) is 2.61. The maximum atomic E-state index is 11.4. The Morgan fingerprint density at radius 3 is 2.55 bits per heavy atom. The van der Waals surface area contributed by atoms with Crippen LogP contribution in [0.5, 0.6) is 5.75 Å². The van der Waals surface area contributed by atoms with E-state index in [0.717, 1.165) is 5.56 Å². The topological polar surface area (TPSA) is 151 Å². The van der Waals surface area contributed by atoms with E-state index in [-0.39, 0.29) is 23.0 Å². The summed E-state index contributed by atoms with van der Waals surface area (Å²) in [5.74, 6) is 0.311. The minimum absolute atomic E-state index is 0.0403. The molecule has 11 nitrogen and oxygen atoms in total. The van der Waals surface area contributed by atoms with Crippen molar-refractivity contribution >= 4 is 17.3 Å². The van der Waals surface area contributed by atoms with E-state index >= 15 is 0 Å². The van der Waals surface area contributed by atoms with Crippen LogP contribution in [0.25, 0.3) is 0 Å². The number of nitrogens with one attached hydrogen (secondary N) is 2. The monoisotopic (exact) mass is 455 g/mol. The quantitative estimate of drug-likeness (QED) is 0.113. The lowest BCUT2D eigenvalue weighted by Gasteiger charge is -2.45. The number of nitriles is 1. The van der Waals surface area contributed by atoms with E-state index in [1.807, 2.05) is 25.2 Å². The molecule has 0 saturated carbocycles. The lowest BCUT2D eigenvalue weighted by atomic mass is 9.84. The molecular weight excluding hydrogens is 430 g/mol. The van der Waals surface area contributed by atoms with Crippen molar-refractivity contribution in [2.45, 2.75) is 37.9 Å². The van der Waals surface area contributed by atoms with Crippen molar-refractivity contribution in [2.75, 3.05) is 19.5 Å². The second-order valence-electron chi connectivity index (χ2n) is 7.66. The Hall–Kier alpha value is -3.72. The first-order valence-electron chi connectivity index (χ1n) is 10.0. The number of hydrogen-bond donors (Lipinski definition) is 3. The summed E-state index contributed by atoms with van der Waals surface area (Å²) >= 11 is 0. The number of aliphatic hydroxyl groups excluding tert-OH is 1. The van der Waals surface area contributed by atoms with Crippen LogP contribution in [0.3, 0.4) is 0 Å². The normalized spacial score (nSPS) is 22.2. The van der Waals surface area contributed by atoms with E-state index < -0.39 is 29.0 Å². The molecule has 3 atom stereocenters. The molecule has 0 fully saturated rings. The fraction of sp³-hybridized carbons (Fsp3) is 0.364. The van der Waals surface area contributed by atoms with Crippen LogP contribution in [0.4, 0.5) is 11.4 Å². The van der Waals surface area contributed by atoms with Crippen LogP contribution in [0.15, 0.2) is 47.5 Å². The van der Waals surface area contributed by atoms with Gasteiger partial charge in [0.15, 0.2) is 18.1 Å². The number of fused-ring (bicyclic) bond motifs is 1. The van der Waals surface area contributed by atoms with E-state index in [1.165, 1.54) is 32.4 Å². The standard InChI is InChI=1S/C22H25N5O6/c1-13-5-7-14(8-6-13)25-21(24-12-23)26-18-16-11-15(27(29)30)9-10-17(16)33-22(2,19(18)28)20(31-3)32-4/h5-11,18-20,28H,1-4H3,(H2,24,25,26)/t18-,19+,22+/m0/s1. The highest BCUT2D eigenvalue weighted by Gasteiger charge is 2.52. The van der Waals surface area contributed by atoms with Crippen molar-refractivity contribution in [3.63, 3.8) is 0 Å². The Morgan fingerprint density at radius 2 is 1.97 bits per heavy atom. The smallest absolute Gasteiger partial charge is 0.270 e. The number of ether oxygens (including phenoxy) is 3. The summed E-state index contributed by atoms with van der Waals surface area (Å²) in [4.78, 5) is 15.3. The van der Waals surface area contributed by atoms with Gasteiger partial charge in [0, 0.05) is 37.6 Å². The maximum Gasteiger partial charge on any atom is 0.270 e. The second-order valence-corrected chi connectivity index (χ2v) is 7.66. The van der Waals surface area contributed by atoms with Gasteiger partial charge in [0.1, 0.15) is 17.9 Å². The van der Waals surface area contributed by atoms with Gasteiger partial charge in [-0.2, -0.15) is 5.26 Å². The third-order valence-corrected chi connectivity index (χ3v) is 5.39. The number of methoxy groups -OCH3 is 2. The second kappa shape index (κ2) is 9.83. The molecular formula is C22H25N5O6. The van der Waals surface area contributed by atoms with Gasteiger partial charge in [-0.15, -0.1) is 0 Å². The maximum absolute atomic E-state index is 11.4. The number of benzene rings is 2. The van der Waals surface area contributed by atoms with Gasteiger partial charge in [-0.3, -0.25) is 15.4 Å². The molecule has 0 spiro atoms. The molecule has 33 heavy (non-hydrogen) atoms. The minimum Gasteiger partial charge on any atom is -0.479 e. The fourth-order valence-electron chi connectivity index (χ4n) is 3.71. The number of nitro benzene ring substituents is 1. The molecule has 0 bridgehead atoms. The van der Waals surface area contributed by atoms with Crippen LogP contribution < -0.4 is 15.4 Å². The van der Waals surface area contributed by atoms with E-state index in [1.54, 1.807) is 19.1 Å². The number of hydrogen-bond acceptors (Lipinski definition) is 8. The summed E-state index contributed by atoms with van der Waals surface area (Å²) < 4.78 is 16.7. The molecule has 0 saturated heterocycles. The third-order valence-electron chi connectivity index (χ3n) is 5.39. The fourth-order valence-corrected chi connectivity index (χ4v) is 3.71. The van der Waals surface area contributed by atoms with Crippen LogP contribution in [-0.4, -0.2) is 48.2 Å². The zero-order valence-electron chi connectivity index (χ0n) is 18.6. The summed E-state index contributed by atoms with van der Waals surface area (Å²) in [6.07, 6.45) is -0.526. The first kappa shape index (κ1) is 23.9. The molecule has 3 rings (SSSR count). The zero-order chi connectivity index (χ0) is 24.2. The number of nitrogens with zero attached hydrogens (tertiary/aromatic N) is 3. The van der Waals surface area contributed by atoms with E-state index in [2.05, 4.69) is 15.6 Å². The number of aliphatic hydroxyl groups is 1. The number of anilines is 1. The van der Waals surface area contributed by atoms with Gasteiger partial charge in [0.05, 0.1) is 4.92 Å². The van der Waals surface area contributed by atoms with E-state index in [0.29, 0.717) is 5.69 Å². The molecule has 0 aliphatic carbocycles. The SMILES string of the molecule is COC(OC)[C@]1(C)Oc2ccc([N+](=O)[O-])cc2[C@H](N=C(NC#N)Nc2ccc(C)cc2)[C@H]1O. The average molecular weight is 455 g/mol. The minimum atomic E-state index is -1.41. The summed E-state index contributed by atoms with van der Waals surface area (Å²) in [6.45, 7) is 3.53. The van der Waals surface area contributed by atoms with Gasteiger partial charge >= 0.3 is 0 Å². The lowest BCUT2D eigenvalue weighted by Crippen LogP contribution is -2.59. The highest BCUT2D eigenvalue weighted by Crippen LogP contribution is 2.45. The van der Waals surface area contributed by atoms with Crippen molar-refractivity contribution in [3.8, 4) is 11.9 Å². The highest BCUT2D eigenvalue weighted by atomic mass is 16.7. The Morgan fingerprint density at radius 1 is 1.30 bits per heavy atom. The summed E-state index contributed by atoms with van der Waals surface area (Å²) in [6, 6.07) is 10.3. The zero-order valence-corrected chi connectivity index (χ0v) is 18.6. The van der Waals surface area contributed by atoms with Crippen LogP contribution in [0.1, 0.15) is 24.1 Å². The van der Waals surface area contributed by atoms with Gasteiger partial charge in [0.2, 0.25) is 5.96 Å². The summed E-state index contributed by atoms with van der Waals surface area (Å²) in [7, 11) is 2.81. The van der Waals surface area contributed by atoms with Gasteiger partial charge < -0.3 is 24.6 Å². The molecule has 174 valence electrons. The number of aryl methyl sites for hydroxylation is 1. The van der Waals surface area contributed by atoms with Gasteiger partial charge in [0.25, 0.3) is 5.69 Å². The molecule has 1 aliphatic heterocycles. The van der Waals surface area contributed by atoms with Crippen LogP contribution in [0, 0.1) is 28.5 Å². The van der Waals surface area contributed by atoms with Crippen molar-refractivity contribution < 1.29 is 24.2 Å². The number of non-ortho nitro benzene ring substituents is 1. The van der Waals surface area contributed by atoms with Crippen molar-refractivity contribution in [2.24, 2.45) is 4.99 Å². The molecule has 0 radical (unpaired) electrons. The molecule has 3 N–H and O–H groups in total. The molecule has 0 aromatic heterocycles. The Balaban J connectivity index is 2.12. The Kier molecular flexibility index (Phi) is 7.13. The van der Waals surface area contributed by atoms with E-state index in [9.17, 15) is 20.5 Å². The lowest BCUT2D eigenvalue weighted by molar-refractivity contribution is -0.385. The number of nitro groups is 1. The van der Waals surface area contributed by atoms with Crippen molar-refractivity contribution in [3.05, 3.63) is 63.7 Å². The molecule has 1 heterocycles. The first-order chi connectivity index (χ1) is 15.7. The van der Waals surface area contributed by atoms with Crippen molar-refractivity contribution in [1.82, 2.24) is 5.32 Å². The average Bonchev–Trinajstić information content (AvgIpc) is 2.79. The molecule has 1 aliphatic rings.